The molecule has 7 heteroatoms. The Balaban J connectivity index is 0.00000167. The van der Waals surface area contributed by atoms with Crippen LogP contribution in [0.3, 0.4) is 0 Å². The second kappa shape index (κ2) is 12.5. The lowest BCUT2D eigenvalue weighted by atomic mass is 9.90. The predicted molar refractivity (Wildman–Crippen MR) is 149 cm³/mol. The van der Waals surface area contributed by atoms with Gasteiger partial charge >= 0.3 is 6.09 Å². The third kappa shape index (κ3) is 7.53. The maximum Gasteiger partial charge on any atom is 0.411 e. The highest BCUT2D eigenvalue weighted by molar-refractivity contribution is 7.14. The number of rotatable bonds is 6. The van der Waals surface area contributed by atoms with Gasteiger partial charge in [0.05, 0.1) is 5.02 Å². The van der Waals surface area contributed by atoms with Crippen LogP contribution in [-0.4, -0.2) is 42.2 Å². The number of hydrogen-bond acceptors (Lipinski definition) is 5. The molecule has 1 amide bonds. The highest BCUT2D eigenvalue weighted by Gasteiger charge is 2.17. The number of likely N-dealkylation sites (tertiary alicyclic amines) is 1. The SMILES string of the molecule is CC.CC(C)(C)c1cc(-c2csc(-c3ccc(NC(=O)OCCN4CCCC4)cc3Cl)c2)ccn1. The highest BCUT2D eigenvalue weighted by atomic mass is 35.5. The van der Waals surface area contributed by atoms with Crippen LogP contribution in [0.2, 0.25) is 5.02 Å². The van der Waals surface area contributed by atoms with E-state index in [2.05, 4.69) is 53.5 Å². The summed E-state index contributed by atoms with van der Waals surface area (Å²) in [6, 6.07) is 11.9. The first-order valence-electron chi connectivity index (χ1n) is 12.3. The Morgan fingerprint density at radius 2 is 1.86 bits per heavy atom. The second-order valence-corrected chi connectivity index (χ2v) is 10.7. The minimum atomic E-state index is -0.455. The van der Waals surface area contributed by atoms with E-state index in [0.717, 1.165) is 46.9 Å². The summed E-state index contributed by atoms with van der Waals surface area (Å²) in [5, 5.41) is 5.49. The Hall–Kier alpha value is -2.41. The number of carbonyl (C=O) groups is 1. The summed E-state index contributed by atoms with van der Waals surface area (Å²) < 4.78 is 5.31. The molecule has 0 unspecified atom stereocenters. The van der Waals surface area contributed by atoms with Crippen molar-refractivity contribution in [1.29, 1.82) is 0 Å². The van der Waals surface area contributed by atoms with E-state index >= 15 is 0 Å². The first kappa shape index (κ1) is 27.2. The third-order valence-electron chi connectivity index (χ3n) is 5.78. The van der Waals surface area contributed by atoms with E-state index in [9.17, 15) is 4.79 Å². The largest absolute Gasteiger partial charge is 0.448 e. The van der Waals surface area contributed by atoms with Crippen molar-refractivity contribution in [3.8, 4) is 21.6 Å². The van der Waals surface area contributed by atoms with E-state index in [0.29, 0.717) is 17.3 Å². The maximum absolute atomic E-state index is 12.1. The van der Waals surface area contributed by atoms with Crippen LogP contribution in [-0.2, 0) is 10.2 Å². The van der Waals surface area contributed by atoms with Crippen LogP contribution in [0.15, 0.2) is 48.0 Å². The van der Waals surface area contributed by atoms with Gasteiger partial charge < -0.3 is 4.74 Å². The number of nitrogens with one attached hydrogen (secondary N) is 1. The molecule has 0 bridgehead atoms. The van der Waals surface area contributed by atoms with E-state index in [4.69, 9.17) is 16.3 Å². The lowest BCUT2D eigenvalue weighted by Gasteiger charge is -2.18. The Kier molecular flexibility index (Phi) is 9.72. The number of thiophene rings is 1. The van der Waals surface area contributed by atoms with Crippen molar-refractivity contribution in [3.63, 3.8) is 0 Å². The van der Waals surface area contributed by atoms with E-state index in [1.165, 1.54) is 12.8 Å². The molecule has 3 heterocycles. The van der Waals surface area contributed by atoms with Gasteiger partial charge in [0.15, 0.2) is 0 Å². The van der Waals surface area contributed by atoms with Crippen molar-refractivity contribution in [2.24, 2.45) is 0 Å². The van der Waals surface area contributed by atoms with Crippen molar-refractivity contribution in [1.82, 2.24) is 9.88 Å². The van der Waals surface area contributed by atoms with Gasteiger partial charge in [-0.3, -0.25) is 15.2 Å². The fourth-order valence-electron chi connectivity index (χ4n) is 3.87. The molecule has 1 aliphatic heterocycles. The molecule has 0 aliphatic carbocycles. The zero-order chi connectivity index (χ0) is 25.4. The van der Waals surface area contributed by atoms with Crippen molar-refractivity contribution in [3.05, 3.63) is 58.7 Å². The fourth-order valence-corrected chi connectivity index (χ4v) is 5.17. The van der Waals surface area contributed by atoms with Gasteiger partial charge in [0.25, 0.3) is 0 Å². The molecule has 1 aliphatic rings. The summed E-state index contributed by atoms with van der Waals surface area (Å²) in [7, 11) is 0. The number of anilines is 1. The quantitative estimate of drug-likeness (QED) is 0.361. The number of benzene rings is 1. The molecule has 1 N–H and O–H groups in total. The van der Waals surface area contributed by atoms with E-state index in [1.807, 2.05) is 38.2 Å². The predicted octanol–water partition coefficient (Wildman–Crippen LogP) is 8.10. The third-order valence-corrected chi connectivity index (χ3v) is 7.06. The van der Waals surface area contributed by atoms with Crippen LogP contribution in [0.4, 0.5) is 10.5 Å². The zero-order valence-electron chi connectivity index (χ0n) is 21.4. The maximum atomic E-state index is 12.1. The summed E-state index contributed by atoms with van der Waals surface area (Å²) in [6.07, 6.45) is 3.86. The molecule has 2 aromatic heterocycles. The number of pyridine rings is 1. The average Bonchev–Trinajstić information content (AvgIpc) is 3.53. The van der Waals surface area contributed by atoms with Gasteiger partial charge in [0, 0.05) is 40.0 Å². The number of ether oxygens (including phenoxy) is 1. The van der Waals surface area contributed by atoms with Crippen LogP contribution < -0.4 is 5.32 Å². The molecule has 0 atom stereocenters. The molecule has 1 fully saturated rings. The Bertz CT molecular complexity index is 1120. The van der Waals surface area contributed by atoms with Gasteiger partial charge in [0.1, 0.15) is 6.61 Å². The molecule has 3 aromatic rings. The Morgan fingerprint density at radius 1 is 1.11 bits per heavy atom. The number of nitrogens with zero attached hydrogens (tertiary/aromatic N) is 2. The molecular formula is C28H36ClN3O2S. The summed E-state index contributed by atoms with van der Waals surface area (Å²) in [4.78, 5) is 20.0. The highest BCUT2D eigenvalue weighted by Crippen LogP contribution is 2.38. The van der Waals surface area contributed by atoms with Gasteiger partial charge in [-0.05, 0) is 78.8 Å². The minimum Gasteiger partial charge on any atom is -0.448 e. The Morgan fingerprint density at radius 3 is 2.54 bits per heavy atom. The van der Waals surface area contributed by atoms with Gasteiger partial charge in [-0.2, -0.15) is 0 Å². The van der Waals surface area contributed by atoms with Crippen LogP contribution in [0.5, 0.6) is 0 Å². The lowest BCUT2D eigenvalue weighted by molar-refractivity contribution is 0.146. The average molecular weight is 514 g/mol. The zero-order valence-corrected chi connectivity index (χ0v) is 22.9. The van der Waals surface area contributed by atoms with Crippen LogP contribution in [0, 0.1) is 0 Å². The number of halogens is 1. The van der Waals surface area contributed by atoms with Gasteiger partial charge in [-0.25, -0.2) is 4.79 Å². The molecule has 0 spiro atoms. The second-order valence-electron chi connectivity index (χ2n) is 9.38. The number of carbonyl (C=O) groups excluding carboxylic acids is 1. The van der Waals surface area contributed by atoms with Crippen molar-refractivity contribution in [2.45, 2.75) is 52.9 Å². The minimum absolute atomic E-state index is 0.00364. The van der Waals surface area contributed by atoms with Gasteiger partial charge in [-0.15, -0.1) is 11.3 Å². The van der Waals surface area contributed by atoms with Gasteiger partial charge in [-0.1, -0.05) is 46.2 Å². The molecule has 0 radical (unpaired) electrons. The van der Waals surface area contributed by atoms with Crippen LogP contribution in [0.1, 0.15) is 53.2 Å². The van der Waals surface area contributed by atoms with Gasteiger partial charge in [0.2, 0.25) is 0 Å². The fraction of sp³-hybridized carbons (Fsp3) is 0.429. The summed E-state index contributed by atoms with van der Waals surface area (Å²) in [5.74, 6) is 0. The molecule has 1 aromatic carbocycles. The number of amides is 1. The molecule has 1 saturated heterocycles. The van der Waals surface area contributed by atoms with E-state index < -0.39 is 6.09 Å². The van der Waals surface area contributed by atoms with E-state index in [-0.39, 0.29) is 5.41 Å². The van der Waals surface area contributed by atoms with Crippen molar-refractivity contribution < 1.29 is 9.53 Å². The lowest BCUT2D eigenvalue weighted by Crippen LogP contribution is -2.26. The Labute approximate surface area is 218 Å². The number of aromatic nitrogens is 1. The summed E-state index contributed by atoms with van der Waals surface area (Å²) in [6.45, 7) is 13.8. The molecule has 4 rings (SSSR count). The van der Waals surface area contributed by atoms with Crippen molar-refractivity contribution in [2.75, 3.05) is 31.6 Å². The molecule has 35 heavy (non-hydrogen) atoms. The smallest absolute Gasteiger partial charge is 0.411 e. The monoisotopic (exact) mass is 513 g/mol. The molecule has 188 valence electrons. The molecule has 5 nitrogen and oxygen atoms in total. The first-order chi connectivity index (χ1) is 16.8. The molecule has 0 saturated carbocycles. The first-order valence-corrected chi connectivity index (χ1v) is 13.6. The van der Waals surface area contributed by atoms with Crippen LogP contribution in [0.25, 0.3) is 21.6 Å². The normalized spacial score (nSPS) is 13.8. The molecular weight excluding hydrogens is 478 g/mol. The standard InChI is InChI=1S/C26H30ClN3O2S.C2H6/c1-26(2,3)24-15-18(8-9-28-24)19-14-23(33-17-19)21-7-6-20(16-22(21)27)29-25(31)32-13-12-30-10-4-5-11-30;1-2/h6-9,14-17H,4-5,10-13H2,1-3H3,(H,29,31);1-2H3. The van der Waals surface area contributed by atoms with E-state index in [1.54, 1.807) is 17.4 Å². The van der Waals surface area contributed by atoms with Crippen LogP contribution >= 0.6 is 22.9 Å². The number of hydrogen-bond donors (Lipinski definition) is 1. The van der Waals surface area contributed by atoms with Crippen molar-refractivity contribution >= 4 is 34.7 Å². The summed E-state index contributed by atoms with van der Waals surface area (Å²) >= 11 is 8.22. The topological polar surface area (TPSA) is 54.5 Å². The summed E-state index contributed by atoms with van der Waals surface area (Å²) in [5.41, 5.74) is 4.90.